The van der Waals surface area contributed by atoms with Crippen molar-refractivity contribution in [2.24, 2.45) is 5.73 Å². The lowest BCUT2D eigenvalue weighted by Gasteiger charge is -2.23. The quantitative estimate of drug-likeness (QED) is 0.0274. The Hall–Kier alpha value is -0.760. The molecule has 0 heterocycles. The average molecular weight is 801 g/mol. The summed E-state index contributed by atoms with van der Waals surface area (Å²) in [4.78, 5) is 22.7. The zero-order chi connectivity index (χ0) is 40.3. The Bertz CT molecular complexity index is 875. The highest BCUT2D eigenvalue weighted by Gasteiger charge is 2.26. The van der Waals surface area contributed by atoms with Crippen molar-refractivity contribution in [2.75, 3.05) is 19.8 Å². The van der Waals surface area contributed by atoms with Crippen molar-refractivity contribution in [3.8, 4) is 0 Å². The maximum atomic E-state index is 12.8. The van der Waals surface area contributed by atoms with Crippen LogP contribution in [0.25, 0.3) is 0 Å². The van der Waals surface area contributed by atoms with Crippen LogP contribution in [-0.4, -0.2) is 47.8 Å². The molecule has 0 radical (unpaired) electrons. The minimum Gasteiger partial charge on any atom is -0.387 e. The largest absolute Gasteiger partial charge is 0.472 e. The van der Waals surface area contributed by atoms with Crippen LogP contribution in [0.4, 0.5) is 0 Å². The van der Waals surface area contributed by atoms with Crippen molar-refractivity contribution in [3.05, 3.63) is 12.2 Å². The number of hydrogen-bond acceptors (Lipinski definition) is 6. The molecule has 0 spiro atoms. The number of phosphoric acid groups is 1. The Kier molecular flexibility index (Phi) is 42.2. The summed E-state index contributed by atoms with van der Waals surface area (Å²) in [6.07, 6.45) is 48.4. The molecule has 0 aliphatic heterocycles. The Morgan fingerprint density at radius 2 is 0.927 bits per heavy atom. The van der Waals surface area contributed by atoms with Crippen LogP contribution in [0.2, 0.25) is 0 Å². The van der Waals surface area contributed by atoms with E-state index in [1.807, 2.05) is 6.08 Å². The van der Waals surface area contributed by atoms with Crippen LogP contribution in [0.3, 0.4) is 0 Å². The van der Waals surface area contributed by atoms with E-state index in [1.165, 1.54) is 186 Å². The summed E-state index contributed by atoms with van der Waals surface area (Å²) >= 11 is 0. The number of amides is 1. The lowest BCUT2D eigenvalue weighted by molar-refractivity contribution is -0.123. The predicted octanol–water partition coefficient (Wildman–Crippen LogP) is 13.6. The van der Waals surface area contributed by atoms with Gasteiger partial charge in [0.1, 0.15) is 0 Å². The highest BCUT2D eigenvalue weighted by molar-refractivity contribution is 7.47. The van der Waals surface area contributed by atoms with E-state index in [2.05, 4.69) is 19.2 Å². The molecule has 0 aromatic rings. The first-order chi connectivity index (χ1) is 26.9. The summed E-state index contributed by atoms with van der Waals surface area (Å²) in [6.45, 7) is 4.17. The summed E-state index contributed by atoms with van der Waals surface area (Å²) in [5.74, 6) is -0.189. The van der Waals surface area contributed by atoms with E-state index in [9.17, 15) is 19.4 Å². The topological polar surface area (TPSA) is 131 Å². The van der Waals surface area contributed by atoms with E-state index >= 15 is 0 Å². The molecule has 0 rings (SSSR count). The van der Waals surface area contributed by atoms with E-state index in [1.54, 1.807) is 6.08 Å². The number of hydrogen-bond donors (Lipinski definition) is 4. The van der Waals surface area contributed by atoms with E-state index < -0.39 is 20.0 Å². The second-order valence-corrected chi connectivity index (χ2v) is 17.8. The SMILES string of the molecule is CCCCCCCCCCCCCCC/C=C/C(O)C(COP(=O)(O)OCCN)NC(=O)CCCCCCCCCCCCCCCCCCCCCCC. The van der Waals surface area contributed by atoms with Crippen LogP contribution in [0.5, 0.6) is 0 Å². The fraction of sp³-hybridized carbons (Fsp3) is 0.935. The molecule has 1 amide bonds. The smallest absolute Gasteiger partial charge is 0.387 e. The molecule has 0 aromatic carbocycles. The number of carbonyl (C=O) groups is 1. The first kappa shape index (κ1) is 54.2. The summed E-state index contributed by atoms with van der Waals surface area (Å²) in [7, 11) is -4.33. The fourth-order valence-electron chi connectivity index (χ4n) is 7.25. The molecule has 328 valence electrons. The van der Waals surface area contributed by atoms with Gasteiger partial charge in [-0.05, 0) is 19.3 Å². The molecule has 8 nitrogen and oxygen atoms in total. The summed E-state index contributed by atoms with van der Waals surface area (Å²) < 4.78 is 22.2. The average Bonchev–Trinajstić information content (AvgIpc) is 3.17. The normalized spacial score (nSPS) is 14.1. The number of carbonyl (C=O) groups excluding carboxylic acids is 1. The van der Waals surface area contributed by atoms with E-state index in [0.29, 0.717) is 6.42 Å². The van der Waals surface area contributed by atoms with Gasteiger partial charge in [-0.15, -0.1) is 0 Å². The van der Waals surface area contributed by atoms with Crippen LogP contribution >= 0.6 is 7.82 Å². The lowest BCUT2D eigenvalue weighted by atomic mass is 10.0. The van der Waals surface area contributed by atoms with E-state index in [4.69, 9.17) is 14.8 Å². The number of nitrogens with two attached hydrogens (primary N) is 1. The highest BCUT2D eigenvalue weighted by Crippen LogP contribution is 2.43. The number of nitrogens with one attached hydrogen (secondary N) is 1. The third-order valence-corrected chi connectivity index (χ3v) is 11.8. The molecule has 0 aliphatic carbocycles. The van der Waals surface area contributed by atoms with Gasteiger partial charge < -0.3 is 21.1 Å². The standard InChI is InChI=1S/C46H93N2O6P/c1-3-5-7-9-11-13-15-17-19-20-21-22-23-24-26-28-30-32-34-36-38-40-46(50)48-44(43-54-55(51,52)53-42-41-47)45(49)39-37-35-33-31-29-27-25-18-16-14-12-10-8-6-4-2/h37,39,44-45,49H,3-36,38,40-43,47H2,1-2H3,(H,48,50)(H,51,52)/b39-37+. The van der Waals surface area contributed by atoms with Crippen molar-refractivity contribution in [1.29, 1.82) is 0 Å². The van der Waals surface area contributed by atoms with Crippen LogP contribution in [0.15, 0.2) is 12.2 Å². The molecule has 0 aromatic heterocycles. The van der Waals surface area contributed by atoms with Gasteiger partial charge in [0.05, 0.1) is 25.4 Å². The molecule has 0 fully saturated rings. The molecule has 0 saturated heterocycles. The molecule has 0 bridgehead atoms. The number of rotatable bonds is 45. The molecule has 0 saturated carbocycles. The summed E-state index contributed by atoms with van der Waals surface area (Å²) in [5, 5.41) is 13.7. The number of allylic oxidation sites excluding steroid dienone is 1. The second-order valence-electron chi connectivity index (χ2n) is 16.3. The third kappa shape index (κ3) is 41.2. The molecule has 0 aliphatic rings. The van der Waals surface area contributed by atoms with Gasteiger partial charge in [-0.25, -0.2) is 4.57 Å². The number of aliphatic hydroxyl groups excluding tert-OH is 1. The molecule has 3 atom stereocenters. The van der Waals surface area contributed by atoms with Gasteiger partial charge in [-0.3, -0.25) is 13.8 Å². The molecule has 9 heteroatoms. The first-order valence-corrected chi connectivity index (χ1v) is 25.3. The summed E-state index contributed by atoms with van der Waals surface area (Å²) in [5.41, 5.74) is 5.38. The Labute approximate surface area is 341 Å². The number of unbranched alkanes of at least 4 members (excludes halogenated alkanes) is 33. The maximum absolute atomic E-state index is 12.8. The zero-order valence-electron chi connectivity index (χ0n) is 36.4. The maximum Gasteiger partial charge on any atom is 0.472 e. The highest BCUT2D eigenvalue weighted by atomic mass is 31.2. The minimum atomic E-state index is -4.33. The third-order valence-electron chi connectivity index (χ3n) is 10.9. The fourth-order valence-corrected chi connectivity index (χ4v) is 8.01. The van der Waals surface area contributed by atoms with E-state index in [-0.39, 0.29) is 25.7 Å². The lowest BCUT2D eigenvalue weighted by Crippen LogP contribution is -2.45. The second kappa shape index (κ2) is 42.8. The Balaban J connectivity index is 4.08. The molecule has 5 N–H and O–H groups in total. The van der Waals surface area contributed by atoms with Crippen molar-refractivity contribution >= 4 is 13.7 Å². The van der Waals surface area contributed by atoms with Crippen molar-refractivity contribution in [2.45, 2.75) is 257 Å². The van der Waals surface area contributed by atoms with Crippen molar-refractivity contribution in [1.82, 2.24) is 5.32 Å². The molecule has 3 unspecified atom stereocenters. The Morgan fingerprint density at radius 3 is 1.29 bits per heavy atom. The van der Waals surface area contributed by atoms with Crippen LogP contribution in [-0.2, 0) is 18.4 Å². The van der Waals surface area contributed by atoms with Gasteiger partial charge >= 0.3 is 7.82 Å². The van der Waals surface area contributed by atoms with Gasteiger partial charge in [0.25, 0.3) is 0 Å². The molecule has 55 heavy (non-hydrogen) atoms. The van der Waals surface area contributed by atoms with Gasteiger partial charge in [0.15, 0.2) is 0 Å². The van der Waals surface area contributed by atoms with Gasteiger partial charge in [0.2, 0.25) is 5.91 Å². The van der Waals surface area contributed by atoms with Crippen molar-refractivity contribution in [3.63, 3.8) is 0 Å². The van der Waals surface area contributed by atoms with Crippen LogP contribution in [0, 0.1) is 0 Å². The minimum absolute atomic E-state index is 0.0815. The van der Waals surface area contributed by atoms with E-state index in [0.717, 1.165) is 38.5 Å². The predicted molar refractivity (Wildman–Crippen MR) is 235 cm³/mol. The monoisotopic (exact) mass is 801 g/mol. The zero-order valence-corrected chi connectivity index (χ0v) is 37.3. The Morgan fingerprint density at radius 1 is 0.582 bits per heavy atom. The van der Waals surface area contributed by atoms with Gasteiger partial charge in [-0.1, -0.05) is 231 Å². The van der Waals surface area contributed by atoms with Gasteiger partial charge in [-0.2, -0.15) is 0 Å². The van der Waals surface area contributed by atoms with Crippen molar-refractivity contribution < 1.29 is 28.4 Å². The molecular weight excluding hydrogens is 707 g/mol. The number of phosphoric ester groups is 1. The van der Waals surface area contributed by atoms with Gasteiger partial charge in [0, 0.05) is 13.0 Å². The molecular formula is C46H93N2O6P. The number of aliphatic hydroxyl groups is 1. The van der Waals surface area contributed by atoms with Crippen LogP contribution < -0.4 is 11.1 Å². The van der Waals surface area contributed by atoms with Crippen LogP contribution in [0.1, 0.15) is 245 Å². The summed E-state index contributed by atoms with van der Waals surface area (Å²) in [6, 6.07) is -0.854. The first-order valence-electron chi connectivity index (χ1n) is 23.8.